The van der Waals surface area contributed by atoms with E-state index in [2.05, 4.69) is 103 Å². The van der Waals surface area contributed by atoms with Gasteiger partial charge in [-0.15, -0.1) is 11.3 Å². The summed E-state index contributed by atoms with van der Waals surface area (Å²) in [6, 6.07) is 32.0. The summed E-state index contributed by atoms with van der Waals surface area (Å²) >= 11 is 1.67. The van der Waals surface area contributed by atoms with Gasteiger partial charge in [-0.3, -0.25) is 0 Å². The second kappa shape index (κ2) is 14.1. The molecule has 0 aliphatic heterocycles. The number of benzene rings is 4. The molecule has 5 nitrogen and oxygen atoms in total. The third-order valence-electron chi connectivity index (χ3n) is 8.39. The van der Waals surface area contributed by atoms with E-state index in [0.717, 1.165) is 50.4 Å². The van der Waals surface area contributed by atoms with Crippen molar-refractivity contribution in [3.05, 3.63) is 164 Å². The van der Waals surface area contributed by atoms with Crippen LogP contribution < -0.4 is 0 Å². The number of hydrogen-bond donors (Lipinski definition) is 0. The molecule has 49 heavy (non-hydrogen) atoms. The molecule has 0 fully saturated rings. The number of aromatic nitrogens is 5. The van der Waals surface area contributed by atoms with Gasteiger partial charge in [0, 0.05) is 33.2 Å². The summed E-state index contributed by atoms with van der Waals surface area (Å²) < 4.78 is 3.40. The van der Waals surface area contributed by atoms with Crippen LogP contribution in [0.3, 0.4) is 0 Å². The molecule has 0 spiro atoms. The molecule has 7 aromatic rings. The maximum Gasteiger partial charge on any atom is 0.164 e. The predicted octanol–water partition coefficient (Wildman–Crippen LogP) is 10.6. The Bertz CT molecular complexity index is 2420. The van der Waals surface area contributed by atoms with Gasteiger partial charge >= 0.3 is 0 Å². The maximum atomic E-state index is 5.01. The molecule has 3 heterocycles. The highest BCUT2D eigenvalue weighted by Gasteiger charge is 2.16. The topological polar surface area (TPSA) is 56.5 Å². The van der Waals surface area contributed by atoms with Crippen LogP contribution in [0.5, 0.6) is 0 Å². The maximum absolute atomic E-state index is 5.01. The highest BCUT2D eigenvalue weighted by atomic mass is 32.1. The van der Waals surface area contributed by atoms with Crippen LogP contribution in [0.1, 0.15) is 18.6 Å². The van der Waals surface area contributed by atoms with Gasteiger partial charge in [0.05, 0.1) is 21.3 Å². The average Bonchev–Trinajstić information content (AvgIpc) is 3.73. The number of hydrogen-bond acceptors (Lipinski definition) is 5. The zero-order chi connectivity index (χ0) is 33.7. The minimum atomic E-state index is 0.577. The molecule has 0 aliphatic carbocycles. The fourth-order valence-electron chi connectivity index (χ4n) is 5.95. The molecule has 0 aliphatic rings. The van der Waals surface area contributed by atoms with E-state index in [-0.39, 0.29) is 0 Å². The fraction of sp³-hybridized carbons (Fsp3) is 0.0476. The lowest BCUT2D eigenvalue weighted by molar-refractivity contribution is 1.01. The van der Waals surface area contributed by atoms with Gasteiger partial charge in [-0.25, -0.2) is 19.9 Å². The molecule has 4 aromatic carbocycles. The van der Waals surface area contributed by atoms with Crippen molar-refractivity contribution in [1.29, 1.82) is 0 Å². The van der Waals surface area contributed by atoms with E-state index < -0.39 is 0 Å². The van der Waals surface area contributed by atoms with Gasteiger partial charge in [-0.1, -0.05) is 105 Å². The molecule has 7 rings (SSSR count). The molecule has 0 amide bonds. The van der Waals surface area contributed by atoms with Gasteiger partial charge in [0.15, 0.2) is 24.8 Å². The standard InChI is InChI=1S/C42H34BN5S/c1-5-8-10-18-34(43-4)41-46-39(28(7-3)15-9-6-2)45-40(47-41)30-23-26-35-38(27-30)49-42(44-35)29-21-24-31(25-22-29)48-36-19-13-11-16-32(36)33-17-12-14-20-37(33)48/h5-27,43H,1,3H2,2,4H3/b9-6-,10-8-,28-15+,34-18-. The van der Waals surface area contributed by atoms with Crippen LogP contribution in [0.2, 0.25) is 6.82 Å². The van der Waals surface area contributed by atoms with Crippen LogP contribution in [-0.4, -0.2) is 31.8 Å². The number of fused-ring (bicyclic) bond motifs is 4. The molecule has 0 saturated heterocycles. The molecular formula is C42H34BN5S. The van der Waals surface area contributed by atoms with Crippen molar-refractivity contribution in [2.24, 2.45) is 0 Å². The summed E-state index contributed by atoms with van der Waals surface area (Å²) in [6.07, 6.45) is 15.3. The Morgan fingerprint density at radius 2 is 1.43 bits per heavy atom. The average molecular weight is 652 g/mol. The van der Waals surface area contributed by atoms with Crippen LogP contribution in [0.4, 0.5) is 0 Å². The minimum Gasteiger partial charge on any atom is -0.309 e. The SMILES string of the molecule is C=C/C=C\C=C(/BC)c1nc(/C(C=C)=C/C=C\C)nc(-c2ccc3nc(-c4ccc(-n5c6ccccc6c6ccccc65)cc4)sc3c2)n1. The Labute approximate surface area is 291 Å². The van der Waals surface area contributed by atoms with Gasteiger partial charge in [-0.2, -0.15) is 0 Å². The Balaban J connectivity index is 1.27. The third-order valence-corrected chi connectivity index (χ3v) is 9.46. The van der Waals surface area contributed by atoms with Gasteiger partial charge in [-0.05, 0) is 67.0 Å². The number of nitrogens with zero attached hydrogens (tertiary/aromatic N) is 5. The van der Waals surface area contributed by atoms with Gasteiger partial charge < -0.3 is 4.57 Å². The summed E-state index contributed by atoms with van der Waals surface area (Å²) in [5, 5.41) is 3.47. The van der Waals surface area contributed by atoms with E-state index in [1.165, 1.54) is 21.8 Å². The van der Waals surface area contributed by atoms with E-state index >= 15 is 0 Å². The first kappa shape index (κ1) is 31.7. The van der Waals surface area contributed by atoms with Crippen LogP contribution in [0, 0.1) is 0 Å². The fourth-order valence-corrected chi connectivity index (χ4v) is 6.96. The Kier molecular flexibility index (Phi) is 9.09. The monoisotopic (exact) mass is 651 g/mol. The van der Waals surface area contributed by atoms with Crippen molar-refractivity contribution < 1.29 is 0 Å². The summed E-state index contributed by atoms with van der Waals surface area (Å²) in [5.41, 5.74) is 8.25. The summed E-state index contributed by atoms with van der Waals surface area (Å²) in [6.45, 7) is 11.9. The highest BCUT2D eigenvalue weighted by Crippen LogP contribution is 2.35. The molecule has 0 saturated carbocycles. The first-order chi connectivity index (χ1) is 24.1. The normalized spacial score (nSPS) is 12.5. The summed E-state index contributed by atoms with van der Waals surface area (Å²) in [5.74, 6) is 1.82. The zero-order valence-corrected chi connectivity index (χ0v) is 28.4. The molecule has 0 unspecified atom stereocenters. The second-order valence-electron chi connectivity index (χ2n) is 11.4. The van der Waals surface area contributed by atoms with Crippen LogP contribution in [-0.2, 0) is 0 Å². The van der Waals surface area contributed by atoms with Crippen LogP contribution in [0.25, 0.3) is 70.7 Å². The van der Waals surface area contributed by atoms with Crippen molar-refractivity contribution in [1.82, 2.24) is 24.5 Å². The summed E-state index contributed by atoms with van der Waals surface area (Å²) in [7, 11) is 0.763. The Morgan fingerprint density at radius 1 is 0.735 bits per heavy atom. The van der Waals surface area contributed by atoms with Crippen molar-refractivity contribution in [3.8, 4) is 27.6 Å². The largest absolute Gasteiger partial charge is 0.309 e. The van der Waals surface area contributed by atoms with E-state index in [4.69, 9.17) is 19.9 Å². The second-order valence-corrected chi connectivity index (χ2v) is 12.5. The molecule has 3 aromatic heterocycles. The highest BCUT2D eigenvalue weighted by molar-refractivity contribution is 7.21. The predicted molar refractivity (Wildman–Crippen MR) is 212 cm³/mol. The van der Waals surface area contributed by atoms with Crippen LogP contribution >= 0.6 is 11.3 Å². The van der Waals surface area contributed by atoms with Crippen molar-refractivity contribution in [2.75, 3.05) is 0 Å². The van der Waals surface area contributed by atoms with Gasteiger partial charge in [0.1, 0.15) is 5.01 Å². The number of thiazole rings is 1. The van der Waals surface area contributed by atoms with Gasteiger partial charge in [0.25, 0.3) is 0 Å². The van der Waals surface area contributed by atoms with E-state index in [1.807, 2.05) is 55.5 Å². The van der Waals surface area contributed by atoms with E-state index in [0.29, 0.717) is 17.5 Å². The quantitative estimate of drug-likeness (QED) is 0.109. The smallest absolute Gasteiger partial charge is 0.164 e. The molecular weight excluding hydrogens is 617 g/mol. The number of rotatable bonds is 10. The van der Waals surface area contributed by atoms with E-state index in [9.17, 15) is 0 Å². The molecule has 236 valence electrons. The van der Waals surface area contributed by atoms with Crippen molar-refractivity contribution in [3.63, 3.8) is 0 Å². The van der Waals surface area contributed by atoms with Crippen molar-refractivity contribution in [2.45, 2.75) is 13.7 Å². The Hall–Kier alpha value is -5.92. The lowest BCUT2D eigenvalue weighted by atomic mass is 9.71. The lowest BCUT2D eigenvalue weighted by Crippen LogP contribution is -2.06. The Morgan fingerprint density at radius 3 is 2.10 bits per heavy atom. The number of allylic oxidation sites excluding steroid dienone is 9. The molecule has 0 bridgehead atoms. The van der Waals surface area contributed by atoms with Crippen molar-refractivity contribution >= 4 is 61.7 Å². The van der Waals surface area contributed by atoms with Crippen LogP contribution in [0.15, 0.2) is 153 Å². The molecule has 0 N–H and O–H groups in total. The van der Waals surface area contributed by atoms with E-state index in [1.54, 1.807) is 23.5 Å². The first-order valence-electron chi connectivity index (χ1n) is 16.3. The molecule has 0 atom stereocenters. The molecule has 7 heteroatoms. The van der Waals surface area contributed by atoms with Gasteiger partial charge in [0.2, 0.25) is 0 Å². The third kappa shape index (κ3) is 6.24. The first-order valence-corrected chi connectivity index (χ1v) is 17.1. The summed E-state index contributed by atoms with van der Waals surface area (Å²) in [4.78, 5) is 19.7. The minimum absolute atomic E-state index is 0.577. The number of para-hydroxylation sites is 2. The zero-order valence-electron chi connectivity index (χ0n) is 27.5. The molecule has 0 radical (unpaired) electrons. The lowest BCUT2D eigenvalue weighted by Gasteiger charge is -2.09.